The molecule has 0 radical (unpaired) electrons. The second kappa shape index (κ2) is 5.20. The molecule has 1 N–H and O–H groups in total. The Morgan fingerprint density at radius 3 is 2.84 bits per heavy atom. The van der Waals surface area contributed by atoms with E-state index in [1.165, 1.54) is 11.1 Å². The number of hydrogen-bond donors (Lipinski definition) is 1. The molecule has 3 nitrogen and oxygen atoms in total. The molecular weight excluding hydrogens is 312 g/mol. The molecule has 0 heterocycles. The number of aliphatic hydroxyl groups is 1. The van der Waals surface area contributed by atoms with Gasteiger partial charge in [-0.05, 0) is 63.0 Å². The van der Waals surface area contributed by atoms with Gasteiger partial charge in [-0.3, -0.25) is 4.79 Å². The van der Waals surface area contributed by atoms with Crippen molar-refractivity contribution in [3.63, 3.8) is 0 Å². The summed E-state index contributed by atoms with van der Waals surface area (Å²) in [4.78, 5) is 11.8. The van der Waals surface area contributed by atoms with Crippen molar-refractivity contribution in [2.45, 2.75) is 51.6 Å². The van der Waals surface area contributed by atoms with Gasteiger partial charge in [-0.2, -0.15) is 0 Å². The summed E-state index contributed by atoms with van der Waals surface area (Å²) < 4.78 is 5.38. The quantitative estimate of drug-likeness (QED) is 0.608. The highest BCUT2D eigenvalue weighted by molar-refractivity contribution is 6.01. The average Bonchev–Trinajstić information content (AvgIpc) is 2.87. The first kappa shape index (κ1) is 16.8. The highest BCUT2D eigenvalue weighted by Gasteiger charge is 2.63. The van der Waals surface area contributed by atoms with Gasteiger partial charge in [0.2, 0.25) is 0 Å². The van der Waals surface area contributed by atoms with E-state index in [1.807, 2.05) is 6.08 Å². The van der Waals surface area contributed by atoms with Gasteiger partial charge in [0, 0.05) is 10.8 Å². The molecular formula is C22H28O3. The molecule has 134 valence electrons. The molecule has 0 aromatic heterocycles. The summed E-state index contributed by atoms with van der Waals surface area (Å²) in [5.74, 6) is 1.49. The van der Waals surface area contributed by atoms with E-state index in [4.69, 9.17) is 4.74 Å². The first-order valence-electron chi connectivity index (χ1n) is 9.37. The molecule has 0 amide bonds. The van der Waals surface area contributed by atoms with Crippen molar-refractivity contribution in [2.24, 2.45) is 22.7 Å². The third-order valence-corrected chi connectivity index (χ3v) is 7.81. The lowest BCUT2D eigenvalue weighted by molar-refractivity contribution is -0.110. The Kier molecular flexibility index (Phi) is 3.50. The van der Waals surface area contributed by atoms with Crippen molar-refractivity contribution < 1.29 is 14.6 Å². The highest BCUT2D eigenvalue weighted by Crippen LogP contribution is 2.66. The zero-order valence-corrected chi connectivity index (χ0v) is 15.5. The molecule has 25 heavy (non-hydrogen) atoms. The number of ketones is 1. The van der Waals surface area contributed by atoms with Gasteiger partial charge in [0.15, 0.2) is 5.78 Å². The number of carbonyl (C=O) groups is 1. The average molecular weight is 340 g/mol. The summed E-state index contributed by atoms with van der Waals surface area (Å²) in [7, 11) is 1.60. The molecule has 0 aliphatic heterocycles. The fourth-order valence-electron chi connectivity index (χ4n) is 6.16. The van der Waals surface area contributed by atoms with Crippen LogP contribution in [0.25, 0.3) is 0 Å². The number of allylic oxidation sites excluding steroid dienone is 6. The van der Waals surface area contributed by atoms with Gasteiger partial charge < -0.3 is 9.84 Å². The van der Waals surface area contributed by atoms with Gasteiger partial charge in [-0.15, -0.1) is 0 Å². The minimum absolute atomic E-state index is 0.110. The molecule has 0 aromatic carbocycles. The fraction of sp³-hybridized carbons (Fsp3) is 0.591. The normalized spacial score (nSPS) is 45.0. The zero-order valence-electron chi connectivity index (χ0n) is 15.5. The van der Waals surface area contributed by atoms with Gasteiger partial charge in [0.05, 0.1) is 7.11 Å². The smallest absolute Gasteiger partial charge is 0.178 e. The van der Waals surface area contributed by atoms with Crippen LogP contribution in [0, 0.1) is 22.7 Å². The zero-order chi connectivity index (χ0) is 18.0. The maximum atomic E-state index is 11.8. The van der Waals surface area contributed by atoms with E-state index in [9.17, 15) is 9.90 Å². The summed E-state index contributed by atoms with van der Waals surface area (Å²) >= 11 is 0. The second-order valence-corrected chi connectivity index (χ2v) is 8.67. The van der Waals surface area contributed by atoms with Crippen LogP contribution in [0.5, 0.6) is 0 Å². The standard InChI is InChI=1S/C22H28O3/c1-14(25-4)22(24)12-9-19-17-6-5-15-13-16(23)7-10-20(15,2)18(17)8-11-21(19,22)3/h7-8,10,13,17,19,24H,1,5-6,9,11-12H2,2-4H3/t17-,19+,20+,21+,22+/m1/s1. The largest absolute Gasteiger partial charge is 0.499 e. The van der Waals surface area contributed by atoms with Crippen molar-refractivity contribution in [1.82, 2.24) is 0 Å². The number of carbonyl (C=O) groups excluding carboxylic acids is 1. The van der Waals surface area contributed by atoms with Crippen LogP contribution in [0.1, 0.15) is 46.0 Å². The van der Waals surface area contributed by atoms with Crippen molar-refractivity contribution in [2.75, 3.05) is 7.11 Å². The van der Waals surface area contributed by atoms with Crippen LogP contribution in [-0.2, 0) is 9.53 Å². The van der Waals surface area contributed by atoms with Crippen molar-refractivity contribution in [3.8, 4) is 0 Å². The van der Waals surface area contributed by atoms with E-state index in [-0.39, 0.29) is 16.6 Å². The van der Waals surface area contributed by atoms with E-state index >= 15 is 0 Å². The summed E-state index contributed by atoms with van der Waals surface area (Å²) in [6.07, 6.45) is 12.6. The van der Waals surface area contributed by atoms with E-state index in [0.29, 0.717) is 24.0 Å². The van der Waals surface area contributed by atoms with E-state index in [1.54, 1.807) is 13.2 Å². The Morgan fingerprint density at radius 2 is 2.12 bits per heavy atom. The summed E-state index contributed by atoms with van der Waals surface area (Å²) in [6.45, 7) is 8.46. The lowest BCUT2D eigenvalue weighted by Gasteiger charge is -2.53. The third kappa shape index (κ3) is 1.99. The van der Waals surface area contributed by atoms with Crippen LogP contribution in [0.15, 0.2) is 47.8 Å². The van der Waals surface area contributed by atoms with Gasteiger partial charge >= 0.3 is 0 Å². The molecule has 0 unspecified atom stereocenters. The molecule has 4 aliphatic rings. The summed E-state index contributed by atoms with van der Waals surface area (Å²) in [5, 5.41) is 11.4. The Hall–Kier alpha value is -1.61. The number of rotatable bonds is 2. The topological polar surface area (TPSA) is 46.5 Å². The first-order valence-corrected chi connectivity index (χ1v) is 9.37. The highest BCUT2D eigenvalue weighted by atomic mass is 16.5. The van der Waals surface area contributed by atoms with Crippen LogP contribution >= 0.6 is 0 Å². The molecule has 2 saturated carbocycles. The molecule has 0 spiro atoms. The number of fused-ring (bicyclic) bond motifs is 5. The molecule has 2 fully saturated rings. The summed E-state index contributed by atoms with van der Waals surface area (Å²) in [5.41, 5.74) is 1.38. The molecule has 4 aliphatic carbocycles. The predicted octanol–water partition coefficient (Wildman–Crippen LogP) is 4.11. The molecule has 4 rings (SSSR count). The number of hydrogen-bond acceptors (Lipinski definition) is 3. The molecule has 0 bridgehead atoms. The number of methoxy groups -OCH3 is 1. The Morgan fingerprint density at radius 1 is 1.36 bits per heavy atom. The summed E-state index contributed by atoms with van der Waals surface area (Å²) in [6, 6.07) is 0. The Balaban J connectivity index is 1.77. The van der Waals surface area contributed by atoms with Gasteiger partial charge in [-0.25, -0.2) is 0 Å². The van der Waals surface area contributed by atoms with E-state index in [2.05, 4.69) is 32.6 Å². The maximum Gasteiger partial charge on any atom is 0.178 e. The monoisotopic (exact) mass is 340 g/mol. The Labute approximate surface area is 150 Å². The van der Waals surface area contributed by atoms with Crippen LogP contribution in [0.2, 0.25) is 0 Å². The Bertz CT molecular complexity index is 742. The van der Waals surface area contributed by atoms with Crippen LogP contribution in [0.4, 0.5) is 0 Å². The second-order valence-electron chi connectivity index (χ2n) is 8.67. The lowest BCUT2D eigenvalue weighted by Crippen LogP contribution is -2.51. The first-order chi connectivity index (χ1) is 11.8. The van der Waals surface area contributed by atoms with Crippen LogP contribution in [-0.4, -0.2) is 23.6 Å². The van der Waals surface area contributed by atoms with Gasteiger partial charge in [-0.1, -0.05) is 36.8 Å². The van der Waals surface area contributed by atoms with Crippen LogP contribution in [0.3, 0.4) is 0 Å². The van der Waals surface area contributed by atoms with Crippen molar-refractivity contribution in [1.29, 1.82) is 0 Å². The van der Waals surface area contributed by atoms with Gasteiger partial charge in [0.1, 0.15) is 11.4 Å². The fourth-order valence-corrected chi connectivity index (χ4v) is 6.16. The van der Waals surface area contributed by atoms with Crippen molar-refractivity contribution in [3.05, 3.63) is 47.8 Å². The third-order valence-electron chi connectivity index (χ3n) is 7.81. The predicted molar refractivity (Wildman–Crippen MR) is 97.7 cm³/mol. The maximum absolute atomic E-state index is 11.8. The minimum atomic E-state index is -0.955. The molecule has 5 atom stereocenters. The lowest BCUT2D eigenvalue weighted by atomic mass is 9.51. The van der Waals surface area contributed by atoms with E-state index in [0.717, 1.165) is 25.7 Å². The molecule has 3 heteroatoms. The SMILES string of the molecule is C=C(OC)[C@@]1(O)CC[C@H]2[C@@H]3CCC4=CC(=O)C=C[C@]4(C)C3=CC[C@@]21C. The molecule has 0 saturated heterocycles. The van der Waals surface area contributed by atoms with Crippen molar-refractivity contribution >= 4 is 5.78 Å². The number of ether oxygens (including phenoxy) is 1. The molecule has 0 aromatic rings. The van der Waals surface area contributed by atoms with Crippen LogP contribution < -0.4 is 0 Å². The van der Waals surface area contributed by atoms with E-state index < -0.39 is 5.60 Å². The minimum Gasteiger partial charge on any atom is -0.499 e. The van der Waals surface area contributed by atoms with Gasteiger partial charge in [0.25, 0.3) is 0 Å².